The number of likely N-dealkylation sites (tertiary alicyclic amines) is 1. The summed E-state index contributed by atoms with van der Waals surface area (Å²) in [5.74, 6) is 0. The highest BCUT2D eigenvalue weighted by Crippen LogP contribution is 2.22. The van der Waals surface area contributed by atoms with E-state index >= 15 is 0 Å². The molecule has 0 spiro atoms. The zero-order valence-electron chi connectivity index (χ0n) is 12.9. The smallest absolute Gasteiger partial charge is 0.0991 e. The largest absolute Gasteiger partial charge is 0.330 e. The topological polar surface area (TPSA) is 47.1 Å². The van der Waals surface area contributed by atoms with Crippen LogP contribution in [-0.2, 0) is 6.54 Å². The molecule has 3 rings (SSSR count). The molecule has 120 valence electrons. The second-order valence-corrected chi connectivity index (χ2v) is 5.83. The summed E-state index contributed by atoms with van der Waals surface area (Å²) in [5.41, 5.74) is 8.29. The molecule has 1 unspecified atom stereocenters. The monoisotopic (exact) mass is 320 g/mol. The third-order valence-electron chi connectivity index (χ3n) is 4.37. The Morgan fingerprint density at radius 3 is 2.68 bits per heavy atom. The summed E-state index contributed by atoms with van der Waals surface area (Å²) in [5, 5.41) is 0. The molecule has 0 bridgehead atoms. The predicted molar refractivity (Wildman–Crippen MR) is 92.5 cm³/mol. The highest BCUT2D eigenvalue weighted by Gasteiger charge is 2.21. The van der Waals surface area contributed by atoms with Gasteiger partial charge < -0.3 is 10.3 Å². The van der Waals surface area contributed by atoms with Crippen molar-refractivity contribution in [2.75, 3.05) is 13.1 Å². The minimum absolute atomic E-state index is 0. The fourth-order valence-electron chi connectivity index (χ4n) is 3.21. The first kappa shape index (κ1) is 17.0. The van der Waals surface area contributed by atoms with Crippen LogP contribution in [0.25, 0.3) is 5.69 Å². The fraction of sp³-hybridized carbons (Fsp3) is 0.471. The second-order valence-electron chi connectivity index (χ2n) is 5.83. The molecule has 1 aromatic carbocycles. The molecule has 22 heavy (non-hydrogen) atoms. The molecule has 1 aliphatic heterocycles. The van der Waals surface area contributed by atoms with Crippen LogP contribution < -0.4 is 5.73 Å². The maximum Gasteiger partial charge on any atom is 0.0991 e. The molecule has 1 atom stereocenters. The van der Waals surface area contributed by atoms with E-state index in [1.165, 1.54) is 31.4 Å². The Balaban J connectivity index is 0.00000176. The predicted octanol–water partition coefficient (Wildman–Crippen LogP) is 3.00. The van der Waals surface area contributed by atoms with E-state index in [2.05, 4.69) is 34.1 Å². The van der Waals surface area contributed by atoms with Crippen molar-refractivity contribution in [3.63, 3.8) is 0 Å². The van der Waals surface area contributed by atoms with Crippen LogP contribution in [0.1, 0.15) is 31.2 Å². The molecule has 5 heteroatoms. The zero-order chi connectivity index (χ0) is 14.5. The van der Waals surface area contributed by atoms with Crippen molar-refractivity contribution >= 4 is 12.4 Å². The van der Waals surface area contributed by atoms with Crippen LogP contribution in [-0.4, -0.2) is 33.6 Å². The van der Waals surface area contributed by atoms with Crippen LogP contribution in [0.15, 0.2) is 43.0 Å². The van der Waals surface area contributed by atoms with Crippen molar-refractivity contribution in [3.8, 4) is 5.69 Å². The molecule has 0 saturated carbocycles. The molecule has 2 N–H and O–H groups in total. The number of benzene rings is 1. The van der Waals surface area contributed by atoms with Gasteiger partial charge in [-0.25, -0.2) is 4.98 Å². The van der Waals surface area contributed by atoms with Gasteiger partial charge in [-0.05, 0) is 50.0 Å². The van der Waals surface area contributed by atoms with Gasteiger partial charge in [-0.15, -0.1) is 12.4 Å². The summed E-state index contributed by atoms with van der Waals surface area (Å²) in [4.78, 5) is 6.69. The number of rotatable bonds is 5. The van der Waals surface area contributed by atoms with Gasteiger partial charge in [-0.3, -0.25) is 4.90 Å². The Kier molecular flexibility index (Phi) is 6.43. The third kappa shape index (κ3) is 4.09. The Hall–Kier alpha value is -1.36. The average Bonchev–Trinajstić information content (AvgIpc) is 3.05. The van der Waals surface area contributed by atoms with Gasteiger partial charge in [0.1, 0.15) is 0 Å². The van der Waals surface area contributed by atoms with E-state index < -0.39 is 0 Å². The molecule has 0 aliphatic carbocycles. The summed E-state index contributed by atoms with van der Waals surface area (Å²) in [7, 11) is 0. The first-order valence-electron chi connectivity index (χ1n) is 7.88. The Morgan fingerprint density at radius 1 is 1.18 bits per heavy atom. The lowest BCUT2D eigenvalue weighted by Gasteiger charge is -2.35. The quantitative estimate of drug-likeness (QED) is 0.921. The van der Waals surface area contributed by atoms with E-state index in [9.17, 15) is 0 Å². The van der Waals surface area contributed by atoms with E-state index in [-0.39, 0.29) is 12.4 Å². The normalized spacial score (nSPS) is 18.9. The molecule has 1 aromatic heterocycles. The van der Waals surface area contributed by atoms with Gasteiger partial charge in [0, 0.05) is 30.7 Å². The molecule has 1 aliphatic rings. The molecule has 0 radical (unpaired) electrons. The zero-order valence-corrected chi connectivity index (χ0v) is 13.7. The van der Waals surface area contributed by atoms with E-state index in [0.717, 1.165) is 25.2 Å². The van der Waals surface area contributed by atoms with Crippen molar-refractivity contribution in [1.82, 2.24) is 14.5 Å². The van der Waals surface area contributed by atoms with Crippen molar-refractivity contribution < 1.29 is 0 Å². The van der Waals surface area contributed by atoms with Crippen LogP contribution in [0.5, 0.6) is 0 Å². The lowest BCUT2D eigenvalue weighted by atomic mass is 9.98. The number of nitrogens with zero attached hydrogens (tertiary/aromatic N) is 3. The Labute approximate surface area is 138 Å². The second kappa shape index (κ2) is 8.32. The summed E-state index contributed by atoms with van der Waals surface area (Å²) in [6, 6.07) is 9.45. The molecule has 1 fully saturated rings. The average molecular weight is 321 g/mol. The summed E-state index contributed by atoms with van der Waals surface area (Å²) >= 11 is 0. The summed E-state index contributed by atoms with van der Waals surface area (Å²) in [6.07, 6.45) is 10.7. The third-order valence-corrected chi connectivity index (χ3v) is 4.37. The first-order chi connectivity index (χ1) is 10.4. The SMILES string of the molecule is Cl.NCCC1CCCCN1Cc1ccc(-n2ccnc2)cc1. The van der Waals surface area contributed by atoms with Crippen LogP contribution in [0.4, 0.5) is 0 Å². The van der Waals surface area contributed by atoms with Gasteiger partial charge in [0.2, 0.25) is 0 Å². The minimum atomic E-state index is 0. The maximum atomic E-state index is 5.75. The number of hydrogen-bond acceptors (Lipinski definition) is 3. The van der Waals surface area contributed by atoms with Crippen LogP contribution in [0.3, 0.4) is 0 Å². The lowest BCUT2D eigenvalue weighted by Crippen LogP contribution is -2.40. The van der Waals surface area contributed by atoms with Gasteiger partial charge in [0.25, 0.3) is 0 Å². The first-order valence-corrected chi connectivity index (χ1v) is 7.88. The van der Waals surface area contributed by atoms with Gasteiger partial charge in [0.15, 0.2) is 0 Å². The Morgan fingerprint density at radius 2 is 2.00 bits per heavy atom. The number of piperidine rings is 1. The summed E-state index contributed by atoms with van der Waals surface area (Å²) < 4.78 is 2.03. The minimum Gasteiger partial charge on any atom is -0.330 e. The van der Waals surface area contributed by atoms with Gasteiger partial charge in [-0.2, -0.15) is 0 Å². The van der Waals surface area contributed by atoms with Crippen molar-refractivity contribution in [3.05, 3.63) is 48.5 Å². The molecule has 2 heterocycles. The van der Waals surface area contributed by atoms with E-state index in [4.69, 9.17) is 5.73 Å². The van der Waals surface area contributed by atoms with E-state index in [0.29, 0.717) is 6.04 Å². The van der Waals surface area contributed by atoms with Gasteiger partial charge in [-0.1, -0.05) is 18.6 Å². The fourth-order valence-corrected chi connectivity index (χ4v) is 3.21. The number of imidazole rings is 1. The molecular formula is C17H25ClN4. The highest BCUT2D eigenvalue weighted by atomic mass is 35.5. The van der Waals surface area contributed by atoms with E-state index in [1.807, 2.05) is 17.1 Å². The molecule has 0 amide bonds. The number of halogens is 1. The number of hydrogen-bond donors (Lipinski definition) is 1. The molecule has 4 nitrogen and oxygen atoms in total. The standard InChI is InChI=1S/C17H24N4.ClH/c18-9-8-16-3-1-2-11-20(16)13-15-4-6-17(7-5-15)21-12-10-19-14-21;/h4-7,10,12,14,16H,1-3,8-9,11,13,18H2;1H. The Bertz CT molecular complexity index is 536. The highest BCUT2D eigenvalue weighted by molar-refractivity contribution is 5.85. The number of aromatic nitrogens is 2. The molecule has 2 aromatic rings. The van der Waals surface area contributed by atoms with Gasteiger partial charge in [0.05, 0.1) is 6.33 Å². The van der Waals surface area contributed by atoms with Crippen LogP contribution in [0.2, 0.25) is 0 Å². The van der Waals surface area contributed by atoms with Gasteiger partial charge >= 0.3 is 0 Å². The van der Waals surface area contributed by atoms with Crippen molar-refractivity contribution in [2.24, 2.45) is 5.73 Å². The van der Waals surface area contributed by atoms with E-state index in [1.54, 1.807) is 6.20 Å². The molecular weight excluding hydrogens is 296 g/mol. The molecule has 1 saturated heterocycles. The van der Waals surface area contributed by atoms with Crippen LogP contribution in [0, 0.1) is 0 Å². The number of nitrogens with two attached hydrogens (primary N) is 1. The lowest BCUT2D eigenvalue weighted by molar-refractivity contribution is 0.134. The summed E-state index contributed by atoms with van der Waals surface area (Å²) in [6.45, 7) is 3.03. The maximum absolute atomic E-state index is 5.75. The van der Waals surface area contributed by atoms with Crippen LogP contribution >= 0.6 is 12.4 Å². The van der Waals surface area contributed by atoms with Crippen molar-refractivity contribution in [2.45, 2.75) is 38.3 Å². The van der Waals surface area contributed by atoms with Crippen molar-refractivity contribution in [1.29, 1.82) is 0 Å².